The van der Waals surface area contributed by atoms with Crippen LogP contribution in [0.1, 0.15) is 6.42 Å². The van der Waals surface area contributed by atoms with Crippen LogP contribution in [-0.4, -0.2) is 44.6 Å². The summed E-state index contributed by atoms with van der Waals surface area (Å²) in [7, 11) is -3.09. The predicted molar refractivity (Wildman–Crippen MR) is 74.4 cm³/mol. The first kappa shape index (κ1) is 14.6. The third-order valence-corrected chi connectivity index (χ3v) is 4.24. The molecule has 0 radical (unpaired) electrons. The number of halogens is 1. The van der Waals surface area contributed by atoms with Crippen LogP contribution < -0.4 is 10.1 Å². The van der Waals surface area contributed by atoms with Crippen molar-refractivity contribution in [1.29, 1.82) is 0 Å². The maximum Gasteiger partial charge on any atom is 0.151 e. The average Bonchev–Trinajstić information content (AvgIpc) is 2.83. The Bertz CT molecular complexity index is 512. The number of hydrogen-bond acceptors (Lipinski definition) is 5. The third-order valence-electron chi connectivity index (χ3n) is 3.08. The Hall–Kier alpha value is -0.850. The van der Waals surface area contributed by atoms with Gasteiger partial charge in [0.2, 0.25) is 0 Å². The predicted octanol–water partition coefficient (Wildman–Crippen LogP) is 1.14. The molecule has 1 fully saturated rings. The summed E-state index contributed by atoms with van der Waals surface area (Å²) in [6, 6.07) is 3.33. The summed E-state index contributed by atoms with van der Waals surface area (Å²) in [6.07, 6.45) is 3.31. The molecule has 0 aromatic carbocycles. The molecule has 1 aliphatic rings. The standard InChI is InChI=1S/C12H17ClN2O3S/c1-19(16,17)8-11(9-4-5-14-6-9)18-10-2-3-12(13)15-7-10/h2-3,7,9,11,14H,4-6,8H2,1H3/t9-,11-/m0/s1. The Morgan fingerprint density at radius 3 is 2.89 bits per heavy atom. The van der Waals surface area contributed by atoms with Crippen LogP contribution in [-0.2, 0) is 9.84 Å². The zero-order valence-corrected chi connectivity index (χ0v) is 12.2. The zero-order valence-electron chi connectivity index (χ0n) is 10.7. The van der Waals surface area contributed by atoms with Crippen LogP contribution in [0.5, 0.6) is 5.75 Å². The second-order valence-electron chi connectivity index (χ2n) is 4.82. The molecule has 1 N–H and O–H groups in total. The lowest BCUT2D eigenvalue weighted by Gasteiger charge is -2.23. The highest BCUT2D eigenvalue weighted by Crippen LogP contribution is 2.21. The summed E-state index contributed by atoms with van der Waals surface area (Å²) in [6.45, 7) is 1.67. The van der Waals surface area contributed by atoms with Gasteiger partial charge in [-0.2, -0.15) is 0 Å². The van der Waals surface area contributed by atoms with Crippen LogP contribution in [0.4, 0.5) is 0 Å². The van der Waals surface area contributed by atoms with E-state index in [0.29, 0.717) is 10.9 Å². The van der Waals surface area contributed by atoms with Gasteiger partial charge in [-0.1, -0.05) is 11.6 Å². The summed E-state index contributed by atoms with van der Waals surface area (Å²) in [5.74, 6) is 0.762. The maximum atomic E-state index is 11.5. The molecule has 0 unspecified atom stereocenters. The van der Waals surface area contributed by atoms with Crippen LogP contribution in [0, 0.1) is 5.92 Å². The smallest absolute Gasteiger partial charge is 0.151 e. The molecule has 0 amide bonds. The highest BCUT2D eigenvalue weighted by Gasteiger charge is 2.29. The van der Waals surface area contributed by atoms with E-state index in [1.165, 1.54) is 12.5 Å². The average molecular weight is 305 g/mol. The minimum atomic E-state index is -3.09. The van der Waals surface area contributed by atoms with Gasteiger partial charge in [0, 0.05) is 18.7 Å². The van der Waals surface area contributed by atoms with Crippen molar-refractivity contribution in [3.05, 3.63) is 23.5 Å². The minimum absolute atomic E-state index is 0.0158. The van der Waals surface area contributed by atoms with Crippen molar-refractivity contribution in [2.24, 2.45) is 5.92 Å². The molecule has 106 valence electrons. The third kappa shape index (κ3) is 4.63. The number of nitrogens with zero attached hydrogens (tertiary/aromatic N) is 1. The molecule has 2 atom stereocenters. The van der Waals surface area contributed by atoms with E-state index in [1.54, 1.807) is 12.1 Å². The minimum Gasteiger partial charge on any atom is -0.487 e. The van der Waals surface area contributed by atoms with Crippen molar-refractivity contribution in [1.82, 2.24) is 10.3 Å². The van der Waals surface area contributed by atoms with Crippen LogP contribution in [0.15, 0.2) is 18.3 Å². The van der Waals surface area contributed by atoms with E-state index < -0.39 is 9.84 Å². The van der Waals surface area contributed by atoms with E-state index in [2.05, 4.69) is 10.3 Å². The van der Waals surface area contributed by atoms with Gasteiger partial charge >= 0.3 is 0 Å². The van der Waals surface area contributed by atoms with E-state index >= 15 is 0 Å². The van der Waals surface area contributed by atoms with Gasteiger partial charge in [0.1, 0.15) is 17.0 Å². The molecule has 7 heteroatoms. The van der Waals surface area contributed by atoms with Crippen molar-refractivity contribution in [2.45, 2.75) is 12.5 Å². The molecule has 19 heavy (non-hydrogen) atoms. The molecule has 1 aliphatic heterocycles. The quantitative estimate of drug-likeness (QED) is 0.826. The fourth-order valence-electron chi connectivity index (χ4n) is 2.17. The van der Waals surface area contributed by atoms with Crippen molar-refractivity contribution in [2.75, 3.05) is 25.1 Å². The van der Waals surface area contributed by atoms with E-state index in [0.717, 1.165) is 19.5 Å². The Kier molecular flexibility index (Phi) is 4.65. The van der Waals surface area contributed by atoms with E-state index in [4.69, 9.17) is 16.3 Å². The second kappa shape index (κ2) is 6.07. The lowest BCUT2D eigenvalue weighted by atomic mass is 10.0. The van der Waals surface area contributed by atoms with Crippen molar-refractivity contribution in [3.63, 3.8) is 0 Å². The topological polar surface area (TPSA) is 68.3 Å². The molecule has 1 aromatic rings. The molecule has 0 aliphatic carbocycles. The van der Waals surface area contributed by atoms with Crippen molar-refractivity contribution < 1.29 is 13.2 Å². The lowest BCUT2D eigenvalue weighted by molar-refractivity contribution is 0.163. The van der Waals surface area contributed by atoms with Gasteiger partial charge in [-0.15, -0.1) is 0 Å². The first-order chi connectivity index (χ1) is 8.94. The monoisotopic (exact) mass is 304 g/mol. The molecule has 5 nitrogen and oxygen atoms in total. The zero-order chi connectivity index (χ0) is 13.9. The molecule has 1 aromatic heterocycles. The van der Waals surface area contributed by atoms with Crippen molar-refractivity contribution in [3.8, 4) is 5.75 Å². The van der Waals surface area contributed by atoms with Gasteiger partial charge in [-0.05, 0) is 25.1 Å². The summed E-state index contributed by atoms with van der Waals surface area (Å²) in [4.78, 5) is 3.93. The number of rotatable bonds is 5. The summed E-state index contributed by atoms with van der Waals surface area (Å²) < 4.78 is 28.8. The lowest BCUT2D eigenvalue weighted by Crippen LogP contribution is -2.35. The van der Waals surface area contributed by atoms with Gasteiger partial charge in [0.25, 0.3) is 0 Å². The highest BCUT2D eigenvalue weighted by atomic mass is 35.5. The number of nitrogens with one attached hydrogen (secondary N) is 1. The number of pyridine rings is 1. The normalized spacial score (nSPS) is 21.3. The molecule has 0 saturated carbocycles. The fraction of sp³-hybridized carbons (Fsp3) is 0.583. The molecule has 2 heterocycles. The van der Waals surface area contributed by atoms with E-state index in [9.17, 15) is 8.42 Å². The van der Waals surface area contributed by atoms with Gasteiger partial charge in [-0.3, -0.25) is 0 Å². The molecule has 0 bridgehead atoms. The van der Waals surface area contributed by atoms with Crippen LogP contribution in [0.3, 0.4) is 0 Å². The van der Waals surface area contributed by atoms with Crippen LogP contribution >= 0.6 is 11.6 Å². The first-order valence-corrected chi connectivity index (χ1v) is 8.54. The maximum absolute atomic E-state index is 11.5. The van der Waals surface area contributed by atoms with Crippen LogP contribution in [0.25, 0.3) is 0 Å². The molecule has 1 saturated heterocycles. The van der Waals surface area contributed by atoms with Gasteiger partial charge < -0.3 is 10.1 Å². The summed E-state index contributed by atoms with van der Waals surface area (Å²) in [5, 5.41) is 3.61. The SMILES string of the molecule is CS(=O)(=O)C[C@H](Oc1ccc(Cl)nc1)[C@H]1CCNC1. The van der Waals surface area contributed by atoms with Crippen LogP contribution in [0.2, 0.25) is 5.15 Å². The molecule has 0 spiro atoms. The van der Waals surface area contributed by atoms with E-state index in [-0.39, 0.29) is 17.8 Å². The van der Waals surface area contributed by atoms with Gasteiger partial charge in [0.05, 0.1) is 11.9 Å². The van der Waals surface area contributed by atoms with Gasteiger partial charge in [-0.25, -0.2) is 13.4 Å². The Labute approximate surface area is 118 Å². The highest BCUT2D eigenvalue weighted by molar-refractivity contribution is 7.90. The summed E-state index contributed by atoms with van der Waals surface area (Å²) >= 11 is 5.71. The number of sulfone groups is 1. The van der Waals surface area contributed by atoms with E-state index in [1.807, 2.05) is 0 Å². The Balaban J connectivity index is 2.10. The Morgan fingerprint density at radius 1 is 1.58 bits per heavy atom. The molecular formula is C12H17ClN2O3S. The summed E-state index contributed by atoms with van der Waals surface area (Å²) in [5.41, 5.74) is 0. The van der Waals surface area contributed by atoms with Gasteiger partial charge in [0.15, 0.2) is 9.84 Å². The number of ether oxygens (including phenoxy) is 1. The number of hydrogen-bond donors (Lipinski definition) is 1. The largest absolute Gasteiger partial charge is 0.487 e. The second-order valence-corrected chi connectivity index (χ2v) is 7.39. The van der Waals surface area contributed by atoms with Crippen molar-refractivity contribution >= 4 is 21.4 Å². The molecular weight excluding hydrogens is 288 g/mol. The Morgan fingerprint density at radius 2 is 2.37 bits per heavy atom. The number of aromatic nitrogens is 1. The first-order valence-electron chi connectivity index (χ1n) is 6.11. The fourth-order valence-corrected chi connectivity index (χ4v) is 3.21. The molecule has 2 rings (SSSR count).